The molecule has 0 N–H and O–H groups in total. The van der Waals surface area contributed by atoms with Crippen LogP contribution in [0, 0.1) is 5.92 Å². The lowest BCUT2D eigenvalue weighted by atomic mass is 10.1. The van der Waals surface area contributed by atoms with E-state index in [0.29, 0.717) is 18.9 Å². The van der Waals surface area contributed by atoms with Crippen molar-refractivity contribution in [2.24, 2.45) is 5.92 Å². The average molecular weight is 265 g/mol. The third kappa shape index (κ3) is 2.99. The zero-order valence-electron chi connectivity index (χ0n) is 10.8. The van der Waals surface area contributed by atoms with Crippen molar-refractivity contribution in [3.05, 3.63) is 29.8 Å². The maximum absolute atomic E-state index is 11.9. The molecule has 1 heterocycles. The van der Waals surface area contributed by atoms with Gasteiger partial charge in [-0.3, -0.25) is 4.79 Å². The lowest BCUT2D eigenvalue weighted by Crippen LogP contribution is -2.25. The fraction of sp³-hybridized carbons (Fsp3) is 0.500. The number of methoxy groups -OCH3 is 1. The molecule has 1 aromatic carbocycles. The van der Waals surface area contributed by atoms with E-state index in [-0.39, 0.29) is 11.2 Å². The minimum atomic E-state index is 0.233. The Balaban J connectivity index is 1.98. The Morgan fingerprint density at radius 2 is 2.11 bits per heavy atom. The van der Waals surface area contributed by atoms with E-state index in [2.05, 4.69) is 19.6 Å². The number of likely N-dealkylation sites (tertiary alicyclic amines) is 1. The summed E-state index contributed by atoms with van der Waals surface area (Å²) < 4.78 is 5.12. The van der Waals surface area contributed by atoms with Gasteiger partial charge < -0.3 is 9.64 Å². The normalized spacial score (nSPS) is 21.2. The molecule has 0 saturated carbocycles. The fourth-order valence-electron chi connectivity index (χ4n) is 2.23. The van der Waals surface area contributed by atoms with Gasteiger partial charge in [0, 0.05) is 24.8 Å². The summed E-state index contributed by atoms with van der Waals surface area (Å²) in [5, 5.41) is 0.273. The number of carbonyl (C=O) groups is 1. The van der Waals surface area contributed by atoms with Crippen LogP contribution in [0.15, 0.2) is 24.3 Å². The first kappa shape index (κ1) is 13.3. The predicted molar refractivity (Wildman–Crippen MR) is 75.0 cm³/mol. The Hall–Kier alpha value is -1.16. The molecule has 1 aliphatic heterocycles. The highest BCUT2D eigenvalue weighted by molar-refractivity contribution is 7.80. The molecule has 2 rings (SSSR count). The van der Waals surface area contributed by atoms with E-state index < -0.39 is 0 Å². The number of carbonyl (C=O) groups excluding carboxylic acids is 1. The molecule has 0 bridgehead atoms. The van der Waals surface area contributed by atoms with Crippen LogP contribution in [0.4, 0.5) is 0 Å². The van der Waals surface area contributed by atoms with Crippen LogP contribution >= 0.6 is 12.6 Å². The van der Waals surface area contributed by atoms with Crippen LogP contribution in [0.2, 0.25) is 0 Å². The molecule has 1 aromatic rings. The Bertz CT molecular complexity index is 416. The van der Waals surface area contributed by atoms with Crippen LogP contribution in [0.25, 0.3) is 0 Å². The van der Waals surface area contributed by atoms with Gasteiger partial charge in [0.25, 0.3) is 0 Å². The molecule has 1 aliphatic rings. The molecule has 18 heavy (non-hydrogen) atoms. The average Bonchev–Trinajstić information content (AvgIpc) is 2.72. The molecule has 1 saturated heterocycles. The SMILES string of the molecule is COc1ccc(CN2CC(C(C)S)CC2=O)cc1. The summed E-state index contributed by atoms with van der Waals surface area (Å²) in [5.41, 5.74) is 1.14. The Kier molecular flexibility index (Phi) is 4.17. The van der Waals surface area contributed by atoms with Gasteiger partial charge in [-0.05, 0) is 23.6 Å². The molecule has 4 heteroatoms. The fourth-order valence-corrected chi connectivity index (χ4v) is 2.43. The molecule has 2 unspecified atom stereocenters. The van der Waals surface area contributed by atoms with E-state index in [1.807, 2.05) is 29.2 Å². The van der Waals surface area contributed by atoms with Crippen LogP contribution in [0.5, 0.6) is 5.75 Å². The van der Waals surface area contributed by atoms with E-state index in [9.17, 15) is 4.79 Å². The van der Waals surface area contributed by atoms with E-state index in [1.54, 1.807) is 7.11 Å². The highest BCUT2D eigenvalue weighted by Gasteiger charge is 2.31. The van der Waals surface area contributed by atoms with Gasteiger partial charge >= 0.3 is 0 Å². The van der Waals surface area contributed by atoms with Gasteiger partial charge in [-0.2, -0.15) is 12.6 Å². The monoisotopic (exact) mass is 265 g/mol. The van der Waals surface area contributed by atoms with Crippen molar-refractivity contribution in [1.29, 1.82) is 0 Å². The number of ether oxygens (including phenoxy) is 1. The van der Waals surface area contributed by atoms with Crippen molar-refractivity contribution in [3.63, 3.8) is 0 Å². The first-order valence-electron chi connectivity index (χ1n) is 6.19. The molecular formula is C14H19NO2S. The maximum atomic E-state index is 11.9. The van der Waals surface area contributed by atoms with Gasteiger partial charge in [0.1, 0.15) is 5.75 Å². The molecule has 3 nitrogen and oxygen atoms in total. The minimum Gasteiger partial charge on any atom is -0.497 e. The highest BCUT2D eigenvalue weighted by Crippen LogP contribution is 2.25. The molecule has 0 aliphatic carbocycles. The van der Waals surface area contributed by atoms with Gasteiger partial charge in [0.15, 0.2) is 0 Å². The number of hydrogen-bond donors (Lipinski definition) is 1. The van der Waals surface area contributed by atoms with Crippen molar-refractivity contribution in [2.45, 2.75) is 25.1 Å². The lowest BCUT2D eigenvalue weighted by molar-refractivity contribution is -0.128. The second kappa shape index (κ2) is 5.65. The summed E-state index contributed by atoms with van der Waals surface area (Å²) in [7, 11) is 1.65. The third-order valence-electron chi connectivity index (χ3n) is 3.46. The molecule has 98 valence electrons. The summed E-state index contributed by atoms with van der Waals surface area (Å²) in [4.78, 5) is 13.8. The smallest absolute Gasteiger partial charge is 0.223 e. The van der Waals surface area contributed by atoms with Crippen LogP contribution in [-0.4, -0.2) is 29.7 Å². The number of benzene rings is 1. The number of hydrogen-bond acceptors (Lipinski definition) is 3. The Morgan fingerprint density at radius 3 is 2.61 bits per heavy atom. The van der Waals surface area contributed by atoms with Crippen LogP contribution < -0.4 is 4.74 Å². The number of nitrogens with zero attached hydrogens (tertiary/aromatic N) is 1. The maximum Gasteiger partial charge on any atom is 0.223 e. The molecule has 0 radical (unpaired) electrons. The summed E-state index contributed by atoms with van der Waals surface area (Å²) in [6.45, 7) is 3.55. The Labute approximate surface area is 114 Å². The van der Waals surface area contributed by atoms with E-state index in [4.69, 9.17) is 4.74 Å². The first-order valence-corrected chi connectivity index (χ1v) is 6.70. The van der Waals surface area contributed by atoms with Gasteiger partial charge in [-0.15, -0.1) is 0 Å². The zero-order valence-corrected chi connectivity index (χ0v) is 11.7. The van der Waals surface area contributed by atoms with E-state index in [1.165, 1.54) is 0 Å². The topological polar surface area (TPSA) is 29.5 Å². The molecule has 1 fully saturated rings. The summed E-state index contributed by atoms with van der Waals surface area (Å²) in [6.07, 6.45) is 0.626. The lowest BCUT2D eigenvalue weighted by Gasteiger charge is -2.18. The second-order valence-electron chi connectivity index (χ2n) is 4.83. The van der Waals surface area contributed by atoms with Crippen molar-refractivity contribution in [1.82, 2.24) is 4.90 Å². The van der Waals surface area contributed by atoms with Crippen molar-refractivity contribution >= 4 is 18.5 Å². The van der Waals surface area contributed by atoms with Gasteiger partial charge in [0.2, 0.25) is 5.91 Å². The van der Waals surface area contributed by atoms with E-state index >= 15 is 0 Å². The molecular weight excluding hydrogens is 246 g/mol. The van der Waals surface area contributed by atoms with E-state index in [0.717, 1.165) is 17.9 Å². The largest absolute Gasteiger partial charge is 0.497 e. The zero-order chi connectivity index (χ0) is 13.1. The predicted octanol–water partition coefficient (Wildman–Crippen LogP) is 2.36. The van der Waals surface area contributed by atoms with Crippen molar-refractivity contribution < 1.29 is 9.53 Å². The van der Waals surface area contributed by atoms with Gasteiger partial charge in [-0.25, -0.2) is 0 Å². The van der Waals surface area contributed by atoms with Crippen molar-refractivity contribution in [3.8, 4) is 5.75 Å². The molecule has 2 atom stereocenters. The highest BCUT2D eigenvalue weighted by atomic mass is 32.1. The summed E-state index contributed by atoms with van der Waals surface area (Å²) in [5.74, 6) is 1.45. The molecule has 0 spiro atoms. The first-order chi connectivity index (χ1) is 8.60. The molecule has 1 amide bonds. The van der Waals surface area contributed by atoms with Crippen LogP contribution in [0.1, 0.15) is 18.9 Å². The number of amides is 1. The van der Waals surface area contributed by atoms with Crippen molar-refractivity contribution in [2.75, 3.05) is 13.7 Å². The third-order valence-corrected chi connectivity index (χ3v) is 3.88. The minimum absolute atomic E-state index is 0.233. The van der Waals surface area contributed by atoms with Crippen LogP contribution in [0.3, 0.4) is 0 Å². The molecule has 0 aromatic heterocycles. The quantitative estimate of drug-likeness (QED) is 0.847. The van der Waals surface area contributed by atoms with Gasteiger partial charge in [0.05, 0.1) is 7.11 Å². The summed E-state index contributed by atoms with van der Waals surface area (Å²) in [6, 6.07) is 7.86. The van der Waals surface area contributed by atoms with Crippen LogP contribution in [-0.2, 0) is 11.3 Å². The number of thiol groups is 1. The standard InChI is InChI=1S/C14H19NO2S/c1-10(18)12-7-14(16)15(9-12)8-11-3-5-13(17-2)6-4-11/h3-6,10,12,18H,7-9H2,1-2H3. The Morgan fingerprint density at radius 1 is 1.44 bits per heavy atom. The van der Waals surface area contributed by atoms with Gasteiger partial charge in [-0.1, -0.05) is 19.1 Å². The number of rotatable bonds is 4. The summed E-state index contributed by atoms with van der Waals surface area (Å²) >= 11 is 4.43. The second-order valence-corrected chi connectivity index (χ2v) is 5.64.